The highest BCUT2D eigenvalue weighted by Gasteiger charge is 2.44. The fraction of sp³-hybridized carbons (Fsp3) is 0.448. The van der Waals surface area contributed by atoms with E-state index in [0.29, 0.717) is 17.0 Å². The van der Waals surface area contributed by atoms with E-state index >= 15 is 0 Å². The molecule has 4 rings (SSSR count). The highest BCUT2D eigenvalue weighted by Crippen LogP contribution is 2.29. The molecule has 208 valence electrons. The standard InChI is InChI=1S/C29H36N4O6/c1-19-8-6-12-22(16-19)30-29(38)33-15-14-32(28(37)21-11-7-13-23(17-21)39-2)27(33)26(36)31-24(18-25(34)35)20-9-4-3-5-10-20/h6-8,11-13,16-17,20,24,27H,3-5,9-10,14-15,18H2,1-2H3,(H,30,38)(H,31,36)(H,34,35). The number of aliphatic carboxylic acids is 1. The molecule has 0 aromatic heterocycles. The lowest BCUT2D eigenvalue weighted by Crippen LogP contribution is -2.57. The third kappa shape index (κ3) is 6.87. The van der Waals surface area contributed by atoms with Crippen LogP contribution in [0.1, 0.15) is 54.4 Å². The Morgan fingerprint density at radius 1 is 1.00 bits per heavy atom. The van der Waals surface area contributed by atoms with Gasteiger partial charge in [-0.1, -0.05) is 37.5 Å². The lowest BCUT2D eigenvalue weighted by atomic mass is 9.82. The fourth-order valence-corrected chi connectivity index (χ4v) is 5.49. The fourth-order valence-electron chi connectivity index (χ4n) is 5.49. The van der Waals surface area contributed by atoms with Gasteiger partial charge < -0.3 is 25.4 Å². The number of carbonyl (C=O) groups excluding carboxylic acids is 3. The van der Waals surface area contributed by atoms with Crippen LogP contribution in [0.25, 0.3) is 0 Å². The summed E-state index contributed by atoms with van der Waals surface area (Å²) in [7, 11) is 1.50. The predicted octanol–water partition coefficient (Wildman–Crippen LogP) is 3.86. The number of methoxy groups -OCH3 is 1. The van der Waals surface area contributed by atoms with Crippen LogP contribution in [0.15, 0.2) is 48.5 Å². The Bertz CT molecular complexity index is 1210. The van der Waals surface area contributed by atoms with E-state index in [0.717, 1.165) is 37.7 Å². The summed E-state index contributed by atoms with van der Waals surface area (Å²) >= 11 is 0. The average molecular weight is 537 g/mol. The zero-order valence-electron chi connectivity index (χ0n) is 22.4. The van der Waals surface area contributed by atoms with E-state index in [-0.39, 0.29) is 25.4 Å². The molecular weight excluding hydrogens is 500 g/mol. The summed E-state index contributed by atoms with van der Waals surface area (Å²) in [5.41, 5.74) is 1.85. The molecule has 10 nitrogen and oxygen atoms in total. The van der Waals surface area contributed by atoms with Gasteiger partial charge in [0, 0.05) is 30.4 Å². The van der Waals surface area contributed by atoms with E-state index < -0.39 is 36.0 Å². The predicted molar refractivity (Wildman–Crippen MR) is 145 cm³/mol. The van der Waals surface area contributed by atoms with Crippen LogP contribution in [0.3, 0.4) is 0 Å². The van der Waals surface area contributed by atoms with E-state index in [4.69, 9.17) is 4.74 Å². The number of hydrogen-bond acceptors (Lipinski definition) is 5. The third-order valence-corrected chi connectivity index (χ3v) is 7.46. The molecule has 2 aromatic carbocycles. The molecule has 2 atom stereocenters. The minimum atomic E-state index is -1.24. The molecule has 1 aliphatic carbocycles. The molecule has 0 radical (unpaired) electrons. The van der Waals surface area contributed by atoms with Crippen molar-refractivity contribution in [3.8, 4) is 5.75 Å². The first-order valence-electron chi connectivity index (χ1n) is 13.4. The van der Waals surface area contributed by atoms with Gasteiger partial charge in [-0.25, -0.2) is 4.79 Å². The minimum absolute atomic E-state index is 0.0253. The second-order valence-corrected chi connectivity index (χ2v) is 10.2. The molecule has 1 heterocycles. The van der Waals surface area contributed by atoms with Crippen LogP contribution < -0.4 is 15.4 Å². The van der Waals surface area contributed by atoms with E-state index in [1.54, 1.807) is 30.3 Å². The monoisotopic (exact) mass is 536 g/mol. The van der Waals surface area contributed by atoms with E-state index in [2.05, 4.69) is 10.6 Å². The van der Waals surface area contributed by atoms with Crippen LogP contribution in [0.2, 0.25) is 0 Å². The number of aryl methyl sites for hydroxylation is 1. The average Bonchev–Trinajstić information content (AvgIpc) is 3.38. The number of carboxylic acid groups (broad SMARTS) is 1. The number of carboxylic acids is 1. The van der Waals surface area contributed by atoms with Crippen molar-refractivity contribution in [2.45, 2.75) is 57.7 Å². The van der Waals surface area contributed by atoms with Crippen molar-refractivity contribution in [3.63, 3.8) is 0 Å². The number of nitrogens with zero attached hydrogens (tertiary/aromatic N) is 2. The normalized spacial score (nSPS) is 18.4. The lowest BCUT2D eigenvalue weighted by Gasteiger charge is -2.34. The maximum absolute atomic E-state index is 13.8. The van der Waals surface area contributed by atoms with Gasteiger partial charge in [0.1, 0.15) is 5.75 Å². The SMILES string of the molecule is COc1cccc(C(=O)N2CCN(C(=O)Nc3cccc(C)c3)C2C(=O)NC(CC(=O)O)C2CCCCC2)c1. The summed E-state index contributed by atoms with van der Waals surface area (Å²) in [5.74, 6) is -1.48. The Morgan fingerprint density at radius 3 is 2.41 bits per heavy atom. The van der Waals surface area contributed by atoms with Crippen molar-refractivity contribution in [1.29, 1.82) is 0 Å². The van der Waals surface area contributed by atoms with Crippen molar-refractivity contribution in [2.75, 3.05) is 25.5 Å². The first kappa shape index (κ1) is 27.9. The lowest BCUT2D eigenvalue weighted by molar-refractivity contribution is -0.138. The maximum Gasteiger partial charge on any atom is 0.323 e. The minimum Gasteiger partial charge on any atom is -0.497 e. The van der Waals surface area contributed by atoms with Crippen LogP contribution in [0.4, 0.5) is 10.5 Å². The molecule has 1 aliphatic heterocycles. The van der Waals surface area contributed by atoms with Crippen LogP contribution in [0.5, 0.6) is 5.75 Å². The van der Waals surface area contributed by atoms with Crippen molar-refractivity contribution in [2.24, 2.45) is 5.92 Å². The summed E-state index contributed by atoms with van der Waals surface area (Å²) in [6.45, 7) is 2.19. The van der Waals surface area contributed by atoms with Gasteiger partial charge >= 0.3 is 12.0 Å². The molecule has 0 spiro atoms. The van der Waals surface area contributed by atoms with Gasteiger partial charge in [-0.15, -0.1) is 0 Å². The van der Waals surface area contributed by atoms with Crippen LogP contribution in [-0.4, -0.2) is 71.1 Å². The summed E-state index contributed by atoms with van der Waals surface area (Å²) in [4.78, 5) is 55.2. The molecule has 2 aromatic rings. The quantitative estimate of drug-likeness (QED) is 0.470. The number of rotatable bonds is 8. The second kappa shape index (κ2) is 12.6. The Kier molecular flexibility index (Phi) is 9.06. The molecule has 39 heavy (non-hydrogen) atoms. The van der Waals surface area contributed by atoms with Gasteiger partial charge in [0.05, 0.1) is 13.5 Å². The Labute approximate surface area is 228 Å². The number of carbonyl (C=O) groups is 4. The Morgan fingerprint density at radius 2 is 1.72 bits per heavy atom. The molecule has 2 aliphatic rings. The largest absolute Gasteiger partial charge is 0.497 e. The van der Waals surface area contributed by atoms with Crippen molar-refractivity contribution in [1.82, 2.24) is 15.1 Å². The Hall–Kier alpha value is -4.08. The zero-order valence-corrected chi connectivity index (χ0v) is 22.4. The first-order chi connectivity index (χ1) is 18.8. The molecule has 4 amide bonds. The molecule has 2 unspecified atom stereocenters. The molecule has 0 bridgehead atoms. The highest BCUT2D eigenvalue weighted by atomic mass is 16.5. The van der Waals surface area contributed by atoms with Gasteiger partial charge in [0.2, 0.25) is 0 Å². The first-order valence-corrected chi connectivity index (χ1v) is 13.4. The topological polar surface area (TPSA) is 128 Å². The van der Waals surface area contributed by atoms with Crippen molar-refractivity contribution >= 4 is 29.5 Å². The van der Waals surface area contributed by atoms with E-state index in [1.165, 1.54) is 16.9 Å². The van der Waals surface area contributed by atoms with Gasteiger partial charge in [-0.05, 0) is 61.6 Å². The van der Waals surface area contributed by atoms with Gasteiger partial charge in [-0.2, -0.15) is 0 Å². The number of ether oxygens (including phenoxy) is 1. The van der Waals surface area contributed by atoms with Crippen LogP contribution in [-0.2, 0) is 9.59 Å². The summed E-state index contributed by atoms with van der Waals surface area (Å²) in [6.07, 6.45) is 3.23. The number of urea groups is 1. The Balaban J connectivity index is 1.61. The van der Waals surface area contributed by atoms with Crippen molar-refractivity contribution < 1.29 is 29.0 Å². The van der Waals surface area contributed by atoms with Gasteiger partial charge in [-0.3, -0.25) is 19.3 Å². The summed E-state index contributed by atoms with van der Waals surface area (Å²) in [5, 5.41) is 15.3. The van der Waals surface area contributed by atoms with Crippen LogP contribution in [0, 0.1) is 12.8 Å². The second-order valence-electron chi connectivity index (χ2n) is 10.2. The number of nitrogens with one attached hydrogen (secondary N) is 2. The molecule has 2 fully saturated rings. The van der Waals surface area contributed by atoms with Gasteiger partial charge in [0.25, 0.3) is 11.8 Å². The summed E-state index contributed by atoms with van der Waals surface area (Å²) < 4.78 is 5.25. The van der Waals surface area contributed by atoms with E-state index in [9.17, 15) is 24.3 Å². The number of anilines is 1. The molecule has 1 saturated carbocycles. The van der Waals surface area contributed by atoms with Gasteiger partial charge in [0.15, 0.2) is 6.17 Å². The number of benzene rings is 2. The number of hydrogen-bond donors (Lipinski definition) is 3. The van der Waals surface area contributed by atoms with Crippen LogP contribution >= 0.6 is 0 Å². The molecule has 10 heteroatoms. The molecule has 3 N–H and O–H groups in total. The highest BCUT2D eigenvalue weighted by molar-refractivity contribution is 6.01. The van der Waals surface area contributed by atoms with E-state index in [1.807, 2.05) is 25.1 Å². The zero-order chi connectivity index (χ0) is 27.9. The third-order valence-electron chi connectivity index (χ3n) is 7.46. The molecular formula is C29H36N4O6. The van der Waals surface area contributed by atoms with Crippen molar-refractivity contribution in [3.05, 3.63) is 59.7 Å². The molecule has 1 saturated heterocycles. The summed E-state index contributed by atoms with van der Waals surface area (Å²) in [6, 6.07) is 12.8. The smallest absolute Gasteiger partial charge is 0.323 e. The maximum atomic E-state index is 13.8. The number of amides is 4.